The Balaban J connectivity index is 1.82. The van der Waals surface area contributed by atoms with Crippen molar-refractivity contribution in [1.82, 2.24) is 20.2 Å². The lowest BCUT2D eigenvalue weighted by Gasteiger charge is -2.29. The summed E-state index contributed by atoms with van der Waals surface area (Å²) in [5.74, 6) is 1.34. The van der Waals surface area contributed by atoms with E-state index in [9.17, 15) is 4.79 Å². The second-order valence-corrected chi connectivity index (χ2v) is 8.54. The van der Waals surface area contributed by atoms with Gasteiger partial charge in [-0.2, -0.15) is 4.68 Å². The molecule has 0 bridgehead atoms. The topological polar surface area (TPSA) is 103 Å². The molecule has 0 saturated carbocycles. The van der Waals surface area contributed by atoms with Crippen LogP contribution in [0, 0.1) is 13.8 Å². The van der Waals surface area contributed by atoms with Crippen LogP contribution < -0.4 is 20.1 Å². The zero-order valence-electron chi connectivity index (χ0n) is 19.1. The quantitative estimate of drug-likeness (QED) is 0.504. The summed E-state index contributed by atoms with van der Waals surface area (Å²) in [6.07, 6.45) is 0. The standard InChI is InChI=1S/C23H25BrN6O3/c1-6-33-21-16(24)10-15(11-18(21)32-5)20-19(14(4)25-23-27-28-29-30(20)23)22(31)26-17-9-7-8-12(2)13(17)3/h7-11,20H,6H2,1-5H3,(H,26,31)(H,25,27,29). The van der Waals surface area contributed by atoms with E-state index in [0.717, 1.165) is 22.4 Å². The van der Waals surface area contributed by atoms with E-state index in [1.165, 1.54) is 0 Å². The van der Waals surface area contributed by atoms with Crippen LogP contribution in [-0.4, -0.2) is 39.8 Å². The number of aryl methyl sites for hydroxylation is 1. The molecule has 1 atom stereocenters. The molecule has 2 heterocycles. The molecule has 2 aromatic carbocycles. The fourth-order valence-corrected chi connectivity index (χ4v) is 4.45. The number of benzene rings is 2. The van der Waals surface area contributed by atoms with Crippen LogP contribution in [0.2, 0.25) is 0 Å². The Hall–Kier alpha value is -3.40. The van der Waals surface area contributed by atoms with Gasteiger partial charge in [-0.05, 0) is 88.9 Å². The number of hydrogen-bond donors (Lipinski definition) is 2. The molecule has 10 heteroatoms. The number of tetrazole rings is 1. The van der Waals surface area contributed by atoms with Crippen molar-refractivity contribution in [3.05, 3.63) is 62.8 Å². The molecule has 0 fully saturated rings. The third-order valence-corrected chi connectivity index (χ3v) is 6.26. The number of amides is 1. The SMILES string of the molecule is CCOc1c(Br)cc(C2C(C(=O)Nc3cccc(C)c3C)=C(C)Nc3nnnn32)cc1OC. The minimum atomic E-state index is -0.581. The predicted octanol–water partition coefficient (Wildman–Crippen LogP) is 4.39. The van der Waals surface area contributed by atoms with Gasteiger partial charge in [0.1, 0.15) is 6.04 Å². The molecule has 1 amide bonds. The van der Waals surface area contributed by atoms with Crippen molar-refractivity contribution in [3.8, 4) is 11.5 Å². The molecule has 1 aliphatic heterocycles. The predicted molar refractivity (Wildman–Crippen MR) is 129 cm³/mol. The molecule has 1 aliphatic rings. The Kier molecular flexibility index (Phi) is 6.37. The van der Waals surface area contributed by atoms with E-state index in [2.05, 4.69) is 42.1 Å². The summed E-state index contributed by atoms with van der Waals surface area (Å²) >= 11 is 3.58. The van der Waals surface area contributed by atoms with Crippen molar-refractivity contribution in [2.75, 3.05) is 24.4 Å². The minimum absolute atomic E-state index is 0.246. The van der Waals surface area contributed by atoms with Gasteiger partial charge in [-0.3, -0.25) is 4.79 Å². The van der Waals surface area contributed by atoms with Crippen molar-refractivity contribution in [2.45, 2.75) is 33.7 Å². The molecule has 33 heavy (non-hydrogen) atoms. The Morgan fingerprint density at radius 3 is 2.79 bits per heavy atom. The number of aromatic nitrogens is 4. The monoisotopic (exact) mass is 512 g/mol. The molecular formula is C23H25BrN6O3. The van der Waals surface area contributed by atoms with Gasteiger partial charge < -0.3 is 20.1 Å². The van der Waals surface area contributed by atoms with E-state index in [1.807, 2.05) is 58.0 Å². The van der Waals surface area contributed by atoms with Crippen molar-refractivity contribution < 1.29 is 14.3 Å². The fraction of sp³-hybridized carbons (Fsp3) is 0.304. The molecule has 0 spiro atoms. The lowest BCUT2D eigenvalue weighted by atomic mass is 9.94. The fourth-order valence-electron chi connectivity index (χ4n) is 3.87. The smallest absolute Gasteiger partial charge is 0.255 e. The summed E-state index contributed by atoms with van der Waals surface area (Å²) in [6, 6.07) is 8.98. The van der Waals surface area contributed by atoms with Crippen LogP contribution in [0.4, 0.5) is 11.6 Å². The number of fused-ring (bicyclic) bond motifs is 1. The van der Waals surface area contributed by atoms with Crippen molar-refractivity contribution in [3.63, 3.8) is 0 Å². The van der Waals surface area contributed by atoms with E-state index in [4.69, 9.17) is 9.47 Å². The third-order valence-electron chi connectivity index (χ3n) is 5.67. The molecule has 9 nitrogen and oxygen atoms in total. The Bertz CT molecular complexity index is 1250. The van der Waals surface area contributed by atoms with Gasteiger partial charge in [0, 0.05) is 11.4 Å². The summed E-state index contributed by atoms with van der Waals surface area (Å²) in [7, 11) is 1.58. The number of nitrogens with zero attached hydrogens (tertiary/aromatic N) is 4. The molecule has 1 aromatic heterocycles. The Morgan fingerprint density at radius 1 is 1.27 bits per heavy atom. The van der Waals surface area contributed by atoms with E-state index in [0.29, 0.717) is 39.8 Å². The van der Waals surface area contributed by atoms with Gasteiger partial charge in [0.2, 0.25) is 5.95 Å². The summed E-state index contributed by atoms with van der Waals surface area (Å²) in [6.45, 7) is 8.22. The largest absolute Gasteiger partial charge is 0.493 e. The van der Waals surface area contributed by atoms with Crippen LogP contribution in [0.25, 0.3) is 0 Å². The number of hydrogen-bond acceptors (Lipinski definition) is 7. The van der Waals surface area contributed by atoms with Gasteiger partial charge >= 0.3 is 0 Å². The number of methoxy groups -OCH3 is 1. The molecule has 1 unspecified atom stereocenters. The second kappa shape index (κ2) is 9.22. The second-order valence-electron chi connectivity index (χ2n) is 7.68. The van der Waals surface area contributed by atoms with E-state index >= 15 is 0 Å². The number of nitrogens with one attached hydrogen (secondary N) is 2. The average molecular weight is 513 g/mol. The van der Waals surface area contributed by atoms with Crippen LogP contribution in [-0.2, 0) is 4.79 Å². The van der Waals surface area contributed by atoms with Crippen molar-refractivity contribution >= 4 is 33.5 Å². The maximum atomic E-state index is 13.6. The molecule has 0 saturated heterocycles. The maximum Gasteiger partial charge on any atom is 0.255 e. The average Bonchev–Trinajstić information content (AvgIpc) is 3.25. The maximum absolute atomic E-state index is 13.6. The highest BCUT2D eigenvalue weighted by molar-refractivity contribution is 9.10. The van der Waals surface area contributed by atoms with Gasteiger partial charge in [-0.25, -0.2) is 0 Å². The Morgan fingerprint density at radius 2 is 2.06 bits per heavy atom. The van der Waals surface area contributed by atoms with Crippen LogP contribution >= 0.6 is 15.9 Å². The lowest BCUT2D eigenvalue weighted by Crippen LogP contribution is -2.31. The number of ether oxygens (including phenoxy) is 2. The first-order valence-corrected chi connectivity index (χ1v) is 11.3. The molecule has 3 aromatic rings. The van der Waals surface area contributed by atoms with Crippen molar-refractivity contribution in [2.24, 2.45) is 0 Å². The summed E-state index contributed by atoms with van der Waals surface area (Å²) in [5, 5.41) is 18.2. The molecule has 0 aliphatic carbocycles. The molecular weight excluding hydrogens is 488 g/mol. The number of carbonyl (C=O) groups is 1. The number of halogens is 1. The zero-order chi connectivity index (χ0) is 23.7. The number of rotatable bonds is 6. The first-order chi connectivity index (χ1) is 15.8. The molecule has 0 radical (unpaired) electrons. The van der Waals surface area contributed by atoms with Crippen molar-refractivity contribution in [1.29, 1.82) is 0 Å². The lowest BCUT2D eigenvalue weighted by molar-refractivity contribution is -0.113. The highest BCUT2D eigenvalue weighted by Crippen LogP contribution is 2.42. The van der Waals surface area contributed by atoms with Gasteiger partial charge in [-0.15, -0.1) is 0 Å². The number of anilines is 2. The first-order valence-electron chi connectivity index (χ1n) is 10.5. The molecule has 4 rings (SSSR count). The van der Waals surface area contributed by atoms with Crippen LogP contribution in [0.5, 0.6) is 11.5 Å². The summed E-state index contributed by atoms with van der Waals surface area (Å²) in [4.78, 5) is 13.6. The Labute approximate surface area is 200 Å². The minimum Gasteiger partial charge on any atom is -0.493 e. The third kappa shape index (κ3) is 4.18. The molecule has 172 valence electrons. The van der Waals surface area contributed by atoms with Gasteiger partial charge in [-0.1, -0.05) is 17.2 Å². The van der Waals surface area contributed by atoms with E-state index < -0.39 is 6.04 Å². The van der Waals surface area contributed by atoms with E-state index in [-0.39, 0.29) is 5.91 Å². The highest BCUT2D eigenvalue weighted by atomic mass is 79.9. The van der Waals surface area contributed by atoms with Gasteiger partial charge in [0.25, 0.3) is 5.91 Å². The number of allylic oxidation sites excluding steroid dienone is 1. The number of carbonyl (C=O) groups excluding carboxylic acids is 1. The van der Waals surface area contributed by atoms with Crippen LogP contribution in [0.3, 0.4) is 0 Å². The summed E-state index contributed by atoms with van der Waals surface area (Å²) < 4.78 is 13.6. The van der Waals surface area contributed by atoms with Crippen LogP contribution in [0.15, 0.2) is 46.1 Å². The normalized spacial score (nSPS) is 15.0. The first kappa shape index (κ1) is 22.8. The summed E-state index contributed by atoms with van der Waals surface area (Å²) in [5.41, 5.74) is 4.79. The van der Waals surface area contributed by atoms with Crippen LogP contribution in [0.1, 0.15) is 36.6 Å². The van der Waals surface area contributed by atoms with Gasteiger partial charge in [0.05, 0.1) is 23.8 Å². The molecule has 2 N–H and O–H groups in total. The zero-order valence-corrected chi connectivity index (χ0v) is 20.6. The van der Waals surface area contributed by atoms with Gasteiger partial charge in [0.15, 0.2) is 11.5 Å². The van der Waals surface area contributed by atoms with E-state index in [1.54, 1.807) is 11.8 Å². The highest BCUT2D eigenvalue weighted by Gasteiger charge is 2.35.